The molecule has 4 aliphatic rings. The first kappa shape index (κ1) is 17.0. The van der Waals surface area contributed by atoms with E-state index in [2.05, 4.69) is 6.92 Å². The Kier molecular flexibility index (Phi) is 3.60. The van der Waals surface area contributed by atoms with Crippen LogP contribution in [-0.4, -0.2) is 31.8 Å². The lowest BCUT2D eigenvalue weighted by atomic mass is 9.54. The van der Waals surface area contributed by atoms with Gasteiger partial charge < -0.3 is 18.6 Å². The maximum atomic E-state index is 13.3. The van der Waals surface area contributed by atoms with Gasteiger partial charge in [-0.15, -0.1) is 0 Å². The van der Waals surface area contributed by atoms with E-state index >= 15 is 0 Å². The van der Waals surface area contributed by atoms with E-state index in [0.29, 0.717) is 13.0 Å². The number of esters is 2. The van der Waals surface area contributed by atoms with Crippen LogP contribution in [0.15, 0.2) is 34.2 Å². The molecule has 0 N–H and O–H groups in total. The highest BCUT2D eigenvalue weighted by molar-refractivity contribution is 5.88. The molecule has 2 fully saturated rings. The van der Waals surface area contributed by atoms with E-state index in [-0.39, 0.29) is 30.1 Å². The molecule has 0 radical (unpaired) electrons. The quantitative estimate of drug-likeness (QED) is 0.586. The maximum Gasteiger partial charge on any atom is 0.318 e. The van der Waals surface area contributed by atoms with Crippen molar-refractivity contribution in [3.63, 3.8) is 0 Å². The summed E-state index contributed by atoms with van der Waals surface area (Å²) >= 11 is 0. The predicted octanol–water partition coefficient (Wildman–Crippen LogP) is 3.33. The minimum Gasteiger partial charge on any atom is -0.472 e. The lowest BCUT2D eigenvalue weighted by Crippen LogP contribution is -2.48. The van der Waals surface area contributed by atoms with Gasteiger partial charge in [-0.25, -0.2) is 0 Å². The summed E-state index contributed by atoms with van der Waals surface area (Å²) in [5.74, 6) is -0.313. The lowest BCUT2D eigenvalue weighted by Gasteiger charge is -2.46. The molecular weight excluding hydrogens is 348 g/mol. The minimum atomic E-state index is -0.728. The molecule has 1 aromatic rings. The van der Waals surface area contributed by atoms with E-state index in [1.54, 1.807) is 12.5 Å². The van der Waals surface area contributed by atoms with Gasteiger partial charge in [-0.3, -0.25) is 9.59 Å². The van der Waals surface area contributed by atoms with Crippen molar-refractivity contribution in [3.05, 3.63) is 35.3 Å². The van der Waals surface area contributed by atoms with Gasteiger partial charge in [0.25, 0.3) is 0 Å². The number of cyclic esters (lactones) is 1. The Morgan fingerprint density at radius 1 is 1.33 bits per heavy atom. The van der Waals surface area contributed by atoms with Crippen molar-refractivity contribution in [1.29, 1.82) is 0 Å². The Morgan fingerprint density at radius 3 is 2.93 bits per heavy atom. The Bertz CT molecular complexity index is 824. The van der Waals surface area contributed by atoms with Crippen LogP contribution in [0.4, 0.5) is 0 Å². The molecule has 2 aliphatic heterocycles. The van der Waals surface area contributed by atoms with Crippen LogP contribution >= 0.6 is 0 Å². The molecule has 1 unspecified atom stereocenters. The average molecular weight is 372 g/mol. The van der Waals surface area contributed by atoms with Gasteiger partial charge in [0.1, 0.15) is 11.5 Å². The summed E-state index contributed by atoms with van der Waals surface area (Å²) in [6, 6.07) is 1.85. The molecule has 5 rings (SSSR count). The molecule has 6 heteroatoms. The van der Waals surface area contributed by atoms with Gasteiger partial charge in [-0.1, -0.05) is 6.92 Å². The number of methoxy groups -OCH3 is 1. The molecule has 2 saturated heterocycles. The molecule has 2 aliphatic carbocycles. The van der Waals surface area contributed by atoms with Gasteiger partial charge >= 0.3 is 11.9 Å². The molecule has 6 nitrogen and oxygen atoms in total. The molecule has 144 valence electrons. The van der Waals surface area contributed by atoms with E-state index in [9.17, 15) is 9.59 Å². The molecule has 27 heavy (non-hydrogen) atoms. The number of ether oxygens (including phenoxy) is 3. The Morgan fingerprint density at radius 2 is 2.19 bits per heavy atom. The summed E-state index contributed by atoms with van der Waals surface area (Å²) in [7, 11) is 1.43. The molecule has 0 amide bonds. The van der Waals surface area contributed by atoms with Crippen LogP contribution in [0.3, 0.4) is 0 Å². The molecule has 0 bridgehead atoms. The van der Waals surface area contributed by atoms with Crippen molar-refractivity contribution in [1.82, 2.24) is 0 Å². The van der Waals surface area contributed by atoms with Gasteiger partial charge in [0.2, 0.25) is 0 Å². The number of hydrogen-bond donors (Lipinski definition) is 0. The van der Waals surface area contributed by atoms with Crippen LogP contribution in [0, 0.1) is 16.7 Å². The molecule has 3 heterocycles. The monoisotopic (exact) mass is 372 g/mol. The predicted molar refractivity (Wildman–Crippen MR) is 93.4 cm³/mol. The molecule has 1 spiro atoms. The summed E-state index contributed by atoms with van der Waals surface area (Å²) < 4.78 is 22.3. The van der Waals surface area contributed by atoms with Crippen LogP contribution in [0.2, 0.25) is 0 Å². The van der Waals surface area contributed by atoms with Gasteiger partial charge in [0.05, 0.1) is 37.8 Å². The molecule has 0 saturated carbocycles. The fourth-order valence-electron chi connectivity index (χ4n) is 5.98. The van der Waals surface area contributed by atoms with Crippen molar-refractivity contribution in [2.75, 3.05) is 13.7 Å². The van der Waals surface area contributed by atoms with Gasteiger partial charge in [0, 0.05) is 12.0 Å². The summed E-state index contributed by atoms with van der Waals surface area (Å²) in [5, 5.41) is 0. The highest BCUT2D eigenvalue weighted by Crippen LogP contribution is 2.64. The highest BCUT2D eigenvalue weighted by Gasteiger charge is 2.65. The summed E-state index contributed by atoms with van der Waals surface area (Å²) in [6.45, 7) is 2.46. The Hall–Kier alpha value is -2.08. The molecule has 5 atom stereocenters. The molecular formula is C21H24O6. The van der Waals surface area contributed by atoms with E-state index < -0.39 is 10.8 Å². The maximum absolute atomic E-state index is 13.3. The first-order valence-electron chi connectivity index (χ1n) is 9.70. The fourth-order valence-corrected chi connectivity index (χ4v) is 5.98. The lowest BCUT2D eigenvalue weighted by molar-refractivity contribution is -0.153. The third kappa shape index (κ3) is 2.05. The fraction of sp³-hybridized carbons (Fsp3) is 0.619. The summed E-state index contributed by atoms with van der Waals surface area (Å²) in [5.41, 5.74) is 1.58. The first-order valence-corrected chi connectivity index (χ1v) is 9.70. The average Bonchev–Trinajstić information content (AvgIpc) is 3.39. The van der Waals surface area contributed by atoms with Crippen LogP contribution in [0.1, 0.15) is 50.7 Å². The zero-order chi connectivity index (χ0) is 18.8. The Labute approximate surface area is 157 Å². The van der Waals surface area contributed by atoms with E-state index in [4.69, 9.17) is 18.6 Å². The van der Waals surface area contributed by atoms with Crippen LogP contribution in [0.25, 0.3) is 0 Å². The van der Waals surface area contributed by atoms with Crippen molar-refractivity contribution in [2.24, 2.45) is 16.7 Å². The van der Waals surface area contributed by atoms with Crippen molar-refractivity contribution < 1.29 is 28.2 Å². The number of furan rings is 1. The number of hydrogen-bond acceptors (Lipinski definition) is 6. The van der Waals surface area contributed by atoms with E-state index in [1.807, 2.05) is 6.07 Å². The van der Waals surface area contributed by atoms with Crippen molar-refractivity contribution >= 4 is 11.9 Å². The van der Waals surface area contributed by atoms with Gasteiger partial charge in [-0.05, 0) is 48.8 Å². The van der Waals surface area contributed by atoms with E-state index in [0.717, 1.165) is 42.4 Å². The number of carbonyl (C=O) groups is 2. The van der Waals surface area contributed by atoms with E-state index in [1.165, 1.54) is 7.11 Å². The Balaban J connectivity index is 1.65. The third-order valence-electron chi connectivity index (χ3n) is 7.28. The second-order valence-corrected chi connectivity index (χ2v) is 8.38. The summed E-state index contributed by atoms with van der Waals surface area (Å²) in [4.78, 5) is 26.0. The van der Waals surface area contributed by atoms with Crippen LogP contribution in [-0.2, 0) is 23.8 Å². The van der Waals surface area contributed by atoms with Crippen molar-refractivity contribution in [2.45, 2.75) is 51.2 Å². The summed E-state index contributed by atoms with van der Waals surface area (Å²) in [6.07, 6.45) is 6.54. The van der Waals surface area contributed by atoms with Gasteiger partial charge in [0.15, 0.2) is 0 Å². The normalized spacial score (nSPS) is 40.2. The van der Waals surface area contributed by atoms with Gasteiger partial charge in [-0.2, -0.15) is 0 Å². The highest BCUT2D eigenvalue weighted by atomic mass is 16.6. The minimum absolute atomic E-state index is 0.0946. The van der Waals surface area contributed by atoms with Crippen LogP contribution < -0.4 is 0 Å². The first-order chi connectivity index (χ1) is 13.0. The largest absolute Gasteiger partial charge is 0.472 e. The standard InChI is InChI=1S/C21H24O6/c1-12-8-15-17-14(4-3-6-20(17,11-26-15)18(22)24-2)21(12)9-16(27-19(21)23)13-5-7-25-10-13/h5,7,10,12,15-16H,3-4,6,8-9,11H2,1-2H3/t12-,15?,16+,20-,21-/m0/s1. The van der Waals surface area contributed by atoms with Crippen LogP contribution in [0.5, 0.6) is 0 Å². The molecule has 0 aromatic carbocycles. The second kappa shape index (κ2) is 5.71. The number of rotatable bonds is 2. The topological polar surface area (TPSA) is 75.0 Å². The molecule has 1 aromatic heterocycles. The number of carbonyl (C=O) groups excluding carboxylic acids is 2. The zero-order valence-corrected chi connectivity index (χ0v) is 15.7. The SMILES string of the molecule is COC(=O)[C@]12CCCC3=C1C(C[C@H](C)[C@@]31C[C@H](c3ccoc3)OC1=O)OC2. The smallest absolute Gasteiger partial charge is 0.318 e. The zero-order valence-electron chi connectivity index (χ0n) is 15.7. The second-order valence-electron chi connectivity index (χ2n) is 8.38. The number of fused-ring (bicyclic) bond motifs is 1. The third-order valence-corrected chi connectivity index (χ3v) is 7.28. The van der Waals surface area contributed by atoms with Crippen molar-refractivity contribution in [3.8, 4) is 0 Å².